The molecule has 0 atom stereocenters. The lowest BCUT2D eigenvalue weighted by Gasteiger charge is -2.02. The molecule has 1 aromatic heterocycles. The average Bonchev–Trinajstić information content (AvgIpc) is 2.30. The number of ether oxygens (including phenoxy) is 1. The van der Waals surface area contributed by atoms with Crippen molar-refractivity contribution in [3.8, 4) is 11.8 Å². The van der Waals surface area contributed by atoms with E-state index in [2.05, 4.69) is 9.97 Å². The van der Waals surface area contributed by atoms with E-state index >= 15 is 0 Å². The summed E-state index contributed by atoms with van der Waals surface area (Å²) in [5.74, 6) is 0.599. The number of hydrogen-bond donors (Lipinski definition) is 0. The largest absolute Gasteiger partial charge is 0.424 e. The van der Waals surface area contributed by atoms with Gasteiger partial charge in [-0.25, -0.2) is 4.98 Å². The molecule has 80 valence electrons. The molecule has 0 aliphatic rings. The molecule has 0 saturated carbocycles. The number of aromatic nitrogens is 2. The molecular weight excluding hydrogens is 228 g/mol. The smallest absolute Gasteiger partial charge is 0.322 e. The van der Waals surface area contributed by atoms with E-state index in [0.29, 0.717) is 5.75 Å². The Hall–Kier alpha value is -1.94. The zero-order chi connectivity index (χ0) is 11.4. The van der Waals surface area contributed by atoms with Crippen LogP contribution in [0.4, 0.5) is 0 Å². The average molecular weight is 235 g/mol. The van der Waals surface area contributed by atoms with Gasteiger partial charge in [0.2, 0.25) is 0 Å². The molecule has 2 rings (SSSR count). The van der Waals surface area contributed by atoms with Gasteiger partial charge in [-0.15, -0.1) is 0 Å². The summed E-state index contributed by atoms with van der Waals surface area (Å²) in [4.78, 5) is 18.6. The van der Waals surface area contributed by atoms with Gasteiger partial charge in [0, 0.05) is 6.20 Å². The van der Waals surface area contributed by atoms with Gasteiger partial charge in [0.05, 0.1) is 0 Å². The van der Waals surface area contributed by atoms with E-state index in [-0.39, 0.29) is 11.7 Å². The van der Waals surface area contributed by atoms with Crippen LogP contribution in [-0.2, 0) is 0 Å². The number of nitrogens with zero attached hydrogens (tertiary/aromatic N) is 2. The second-order valence-electron chi connectivity index (χ2n) is 2.91. The molecule has 0 N–H and O–H groups in total. The van der Waals surface area contributed by atoms with Gasteiger partial charge >= 0.3 is 6.01 Å². The van der Waals surface area contributed by atoms with Crippen LogP contribution >= 0.6 is 11.6 Å². The Morgan fingerprint density at radius 2 is 1.94 bits per heavy atom. The van der Waals surface area contributed by atoms with Gasteiger partial charge in [0.25, 0.3) is 5.24 Å². The monoisotopic (exact) mass is 234 g/mol. The van der Waals surface area contributed by atoms with Crippen LogP contribution in [0.25, 0.3) is 0 Å². The standard InChI is InChI=1S/C11H7ClN2O2/c12-10(15)9-6-7-13-11(14-9)16-8-4-2-1-3-5-8/h1-7H. The van der Waals surface area contributed by atoms with E-state index in [4.69, 9.17) is 16.3 Å². The van der Waals surface area contributed by atoms with Crippen molar-refractivity contribution < 1.29 is 9.53 Å². The van der Waals surface area contributed by atoms with Gasteiger partial charge in [0.15, 0.2) is 0 Å². The topological polar surface area (TPSA) is 52.1 Å². The number of carbonyl (C=O) groups excluding carboxylic acids is 1. The highest BCUT2D eigenvalue weighted by Gasteiger charge is 2.06. The highest BCUT2D eigenvalue weighted by molar-refractivity contribution is 6.67. The van der Waals surface area contributed by atoms with Crippen LogP contribution in [0.1, 0.15) is 10.5 Å². The first-order valence-corrected chi connectivity index (χ1v) is 4.89. The van der Waals surface area contributed by atoms with E-state index in [9.17, 15) is 4.79 Å². The SMILES string of the molecule is O=C(Cl)c1ccnc(Oc2ccccc2)n1. The lowest BCUT2D eigenvalue weighted by molar-refractivity contribution is 0.107. The minimum absolute atomic E-state index is 0.0951. The maximum Gasteiger partial charge on any atom is 0.322 e. The van der Waals surface area contributed by atoms with Crippen molar-refractivity contribution >= 4 is 16.8 Å². The number of para-hydroxylation sites is 1. The third-order valence-corrected chi connectivity index (χ3v) is 1.98. The van der Waals surface area contributed by atoms with Crippen molar-refractivity contribution in [2.45, 2.75) is 0 Å². The zero-order valence-electron chi connectivity index (χ0n) is 8.13. The summed E-state index contributed by atoms with van der Waals surface area (Å²) in [7, 11) is 0. The van der Waals surface area contributed by atoms with Crippen molar-refractivity contribution in [2.24, 2.45) is 0 Å². The van der Waals surface area contributed by atoms with Crippen molar-refractivity contribution in [1.29, 1.82) is 0 Å². The molecule has 0 bridgehead atoms. The predicted molar refractivity (Wildman–Crippen MR) is 58.7 cm³/mol. The van der Waals surface area contributed by atoms with E-state index in [1.165, 1.54) is 12.3 Å². The molecule has 4 nitrogen and oxygen atoms in total. The van der Waals surface area contributed by atoms with Crippen molar-refractivity contribution in [3.63, 3.8) is 0 Å². The molecule has 16 heavy (non-hydrogen) atoms. The van der Waals surface area contributed by atoms with Crippen LogP contribution in [0.3, 0.4) is 0 Å². The summed E-state index contributed by atoms with van der Waals surface area (Å²) in [6.07, 6.45) is 1.42. The first-order chi connectivity index (χ1) is 7.75. The second-order valence-corrected chi connectivity index (χ2v) is 3.26. The van der Waals surface area contributed by atoms with E-state index in [1.807, 2.05) is 18.2 Å². The van der Waals surface area contributed by atoms with Crippen molar-refractivity contribution in [2.75, 3.05) is 0 Å². The molecule has 5 heteroatoms. The number of rotatable bonds is 3. The number of halogens is 1. The van der Waals surface area contributed by atoms with Crippen LogP contribution in [0, 0.1) is 0 Å². The van der Waals surface area contributed by atoms with Gasteiger partial charge < -0.3 is 4.74 Å². The van der Waals surface area contributed by atoms with Crippen LogP contribution in [0.15, 0.2) is 42.6 Å². The fourth-order valence-electron chi connectivity index (χ4n) is 1.09. The Morgan fingerprint density at radius 3 is 2.62 bits per heavy atom. The van der Waals surface area contributed by atoms with Gasteiger partial charge in [-0.2, -0.15) is 4.98 Å². The normalized spacial score (nSPS) is 9.81. The van der Waals surface area contributed by atoms with Crippen LogP contribution < -0.4 is 4.74 Å². The first kappa shape index (κ1) is 10.6. The van der Waals surface area contributed by atoms with Gasteiger partial charge in [0.1, 0.15) is 11.4 Å². The molecule has 0 aliphatic heterocycles. The zero-order valence-corrected chi connectivity index (χ0v) is 8.89. The number of hydrogen-bond acceptors (Lipinski definition) is 4. The maximum atomic E-state index is 10.9. The van der Waals surface area contributed by atoms with Crippen LogP contribution in [0.5, 0.6) is 11.8 Å². The highest BCUT2D eigenvalue weighted by Crippen LogP contribution is 2.16. The Labute approximate surface area is 96.9 Å². The summed E-state index contributed by atoms with van der Waals surface area (Å²) in [5, 5.41) is -0.639. The van der Waals surface area contributed by atoms with Crippen molar-refractivity contribution in [3.05, 3.63) is 48.3 Å². The Morgan fingerprint density at radius 1 is 1.19 bits per heavy atom. The summed E-state index contributed by atoms with van der Waals surface area (Å²) in [5.41, 5.74) is 0.114. The summed E-state index contributed by atoms with van der Waals surface area (Å²) in [6, 6.07) is 10.6. The minimum atomic E-state index is -0.639. The molecule has 2 aromatic rings. The number of benzene rings is 1. The molecule has 0 saturated heterocycles. The molecule has 0 fully saturated rings. The van der Waals surface area contributed by atoms with E-state index < -0.39 is 5.24 Å². The fourth-order valence-corrected chi connectivity index (χ4v) is 1.20. The van der Waals surface area contributed by atoms with E-state index in [1.54, 1.807) is 12.1 Å². The molecule has 1 aromatic carbocycles. The van der Waals surface area contributed by atoms with Crippen molar-refractivity contribution in [1.82, 2.24) is 9.97 Å². The Kier molecular flexibility index (Phi) is 3.12. The van der Waals surface area contributed by atoms with Gasteiger partial charge in [-0.05, 0) is 29.8 Å². The molecule has 0 unspecified atom stereocenters. The van der Waals surface area contributed by atoms with Crippen LogP contribution in [-0.4, -0.2) is 15.2 Å². The minimum Gasteiger partial charge on any atom is -0.424 e. The molecular formula is C11H7ClN2O2. The Balaban J connectivity index is 2.22. The third kappa shape index (κ3) is 2.55. The molecule has 0 aliphatic carbocycles. The maximum absolute atomic E-state index is 10.9. The summed E-state index contributed by atoms with van der Waals surface area (Å²) in [6.45, 7) is 0. The molecule has 0 spiro atoms. The highest BCUT2D eigenvalue weighted by atomic mass is 35.5. The molecule has 1 heterocycles. The van der Waals surface area contributed by atoms with E-state index in [0.717, 1.165) is 0 Å². The van der Waals surface area contributed by atoms with Gasteiger partial charge in [-0.1, -0.05) is 18.2 Å². The predicted octanol–water partition coefficient (Wildman–Crippen LogP) is 2.65. The lowest BCUT2D eigenvalue weighted by atomic mass is 10.3. The lowest BCUT2D eigenvalue weighted by Crippen LogP contribution is -1.98. The first-order valence-electron chi connectivity index (χ1n) is 4.51. The third-order valence-electron chi connectivity index (χ3n) is 1.79. The van der Waals surface area contributed by atoms with Crippen LogP contribution in [0.2, 0.25) is 0 Å². The number of carbonyl (C=O) groups is 1. The molecule has 0 radical (unpaired) electrons. The molecule has 0 amide bonds. The second kappa shape index (κ2) is 4.72. The fraction of sp³-hybridized carbons (Fsp3) is 0. The van der Waals surface area contributed by atoms with Gasteiger partial charge in [-0.3, -0.25) is 4.79 Å². The Bertz CT molecular complexity index is 502. The summed E-state index contributed by atoms with van der Waals surface area (Å²) < 4.78 is 5.34. The summed E-state index contributed by atoms with van der Waals surface area (Å²) >= 11 is 5.29. The quantitative estimate of drug-likeness (QED) is 0.766.